The van der Waals surface area contributed by atoms with Crippen LogP contribution < -0.4 is 14.8 Å². The van der Waals surface area contributed by atoms with Crippen LogP contribution in [0.5, 0.6) is 11.5 Å². The maximum Gasteiger partial charge on any atom is 0.331 e. The Morgan fingerprint density at radius 3 is 2.46 bits per heavy atom. The summed E-state index contributed by atoms with van der Waals surface area (Å²) in [5, 5.41) is 2.73. The number of amides is 1. The first-order valence-electron chi connectivity index (χ1n) is 9.38. The van der Waals surface area contributed by atoms with Crippen LogP contribution in [0.15, 0.2) is 23.1 Å². The number of carbonyl (C=O) groups excluding carboxylic acids is 2. The first-order valence-corrected chi connectivity index (χ1v) is 11.0. The average molecular weight is 411 g/mol. The quantitative estimate of drug-likeness (QED) is 0.709. The number of sulfone groups is 1. The zero-order valence-corrected chi connectivity index (χ0v) is 16.7. The van der Waals surface area contributed by atoms with Gasteiger partial charge in [0.25, 0.3) is 0 Å². The Labute approximate surface area is 164 Å². The fourth-order valence-electron chi connectivity index (χ4n) is 3.62. The Bertz CT molecular complexity index is 844. The van der Waals surface area contributed by atoms with Gasteiger partial charge in [-0.05, 0) is 25.0 Å². The molecule has 154 valence electrons. The minimum Gasteiger partial charge on any atom is -0.486 e. The van der Waals surface area contributed by atoms with Gasteiger partial charge in [-0.3, -0.25) is 4.79 Å². The molecule has 8 nitrogen and oxygen atoms in total. The summed E-state index contributed by atoms with van der Waals surface area (Å²) in [6.45, 7) is 0.774. The molecular weight excluding hydrogens is 386 g/mol. The molecule has 1 amide bonds. The fraction of sp³-hybridized carbons (Fsp3) is 0.579. The van der Waals surface area contributed by atoms with Gasteiger partial charge in [0.15, 0.2) is 21.3 Å². The van der Waals surface area contributed by atoms with Crippen molar-refractivity contribution in [2.75, 3.05) is 26.1 Å². The number of esters is 1. The third-order valence-corrected chi connectivity index (χ3v) is 6.85. The molecule has 3 rings (SSSR count). The molecule has 1 aromatic rings. The van der Waals surface area contributed by atoms with Gasteiger partial charge < -0.3 is 19.5 Å². The van der Waals surface area contributed by atoms with Gasteiger partial charge in [-0.15, -0.1) is 0 Å². The molecular formula is C19H25NO7S. The number of methoxy groups -OCH3 is 1. The highest BCUT2D eigenvalue weighted by molar-refractivity contribution is 7.91. The Kier molecular flexibility index (Phi) is 6.12. The summed E-state index contributed by atoms with van der Waals surface area (Å²) in [4.78, 5) is 24.7. The van der Waals surface area contributed by atoms with Gasteiger partial charge in [0.05, 0.1) is 17.8 Å². The van der Waals surface area contributed by atoms with Crippen LogP contribution in [0.2, 0.25) is 0 Å². The van der Waals surface area contributed by atoms with Gasteiger partial charge in [-0.1, -0.05) is 19.3 Å². The van der Waals surface area contributed by atoms with Gasteiger partial charge in [-0.25, -0.2) is 13.2 Å². The minimum absolute atomic E-state index is 0.0740. The second-order valence-corrected chi connectivity index (χ2v) is 9.17. The minimum atomic E-state index is -3.69. The highest BCUT2D eigenvalue weighted by Gasteiger charge is 2.42. The molecule has 0 bridgehead atoms. The van der Waals surface area contributed by atoms with Gasteiger partial charge in [0.1, 0.15) is 18.8 Å². The van der Waals surface area contributed by atoms with Gasteiger partial charge in [0, 0.05) is 12.5 Å². The maximum atomic E-state index is 12.6. The second-order valence-electron chi connectivity index (χ2n) is 7.06. The fourth-order valence-corrected chi connectivity index (χ4v) is 4.87. The predicted octanol–water partition coefficient (Wildman–Crippen LogP) is 1.61. The topological polar surface area (TPSA) is 108 Å². The van der Waals surface area contributed by atoms with Crippen molar-refractivity contribution in [1.82, 2.24) is 5.32 Å². The van der Waals surface area contributed by atoms with Crippen molar-refractivity contribution in [3.05, 3.63) is 18.2 Å². The third-order valence-electron chi connectivity index (χ3n) is 5.13. The highest BCUT2D eigenvalue weighted by atomic mass is 32.2. The Hall–Kier alpha value is -2.29. The van der Waals surface area contributed by atoms with E-state index in [0.717, 1.165) is 19.3 Å². The SMILES string of the molecule is COC(=O)C1(NC(=O)CCS(=O)(=O)c2ccc3c(c2)OCCO3)CCCCC1. The molecule has 0 unspecified atom stereocenters. The number of rotatable bonds is 6. The summed E-state index contributed by atoms with van der Waals surface area (Å²) in [5.41, 5.74) is -1.05. The Morgan fingerprint density at radius 2 is 1.79 bits per heavy atom. The van der Waals surface area contributed by atoms with Crippen LogP contribution in [0, 0.1) is 0 Å². The standard InChI is InChI=1S/C19H25NO7S/c1-25-18(22)19(8-3-2-4-9-19)20-17(21)7-12-28(23,24)14-5-6-15-16(13-14)27-11-10-26-15/h5-6,13H,2-4,7-12H2,1H3,(H,20,21). The van der Waals surface area contributed by atoms with Crippen LogP contribution in [-0.4, -0.2) is 51.9 Å². The third kappa shape index (κ3) is 4.40. The van der Waals surface area contributed by atoms with Crippen LogP contribution in [0.3, 0.4) is 0 Å². The molecule has 0 radical (unpaired) electrons. The van der Waals surface area contributed by atoms with E-state index in [4.69, 9.17) is 14.2 Å². The van der Waals surface area contributed by atoms with Crippen LogP contribution in [0.1, 0.15) is 38.5 Å². The van der Waals surface area contributed by atoms with Crippen molar-refractivity contribution in [1.29, 1.82) is 0 Å². The molecule has 1 aliphatic heterocycles. The number of carbonyl (C=O) groups is 2. The van der Waals surface area contributed by atoms with E-state index in [1.54, 1.807) is 6.07 Å². The Balaban J connectivity index is 1.65. The average Bonchev–Trinajstić information content (AvgIpc) is 2.72. The van der Waals surface area contributed by atoms with E-state index >= 15 is 0 Å². The van der Waals surface area contributed by atoms with Gasteiger partial charge in [-0.2, -0.15) is 0 Å². The summed E-state index contributed by atoms with van der Waals surface area (Å²) in [6.07, 6.45) is 3.37. The van der Waals surface area contributed by atoms with Crippen LogP contribution in [-0.2, 0) is 24.2 Å². The van der Waals surface area contributed by atoms with Crippen LogP contribution in [0.4, 0.5) is 0 Å². The van der Waals surface area contributed by atoms with E-state index in [1.165, 1.54) is 19.2 Å². The summed E-state index contributed by atoms with van der Waals surface area (Å²) in [7, 11) is -2.40. The van der Waals surface area contributed by atoms with Crippen LogP contribution >= 0.6 is 0 Å². The van der Waals surface area contributed by atoms with Gasteiger partial charge in [0.2, 0.25) is 5.91 Å². The lowest BCUT2D eigenvalue weighted by molar-refractivity contribution is -0.152. The summed E-state index contributed by atoms with van der Waals surface area (Å²) < 4.78 is 40.9. The molecule has 0 spiro atoms. The van der Waals surface area contributed by atoms with Crippen molar-refractivity contribution in [3.63, 3.8) is 0 Å². The van der Waals surface area contributed by atoms with E-state index in [9.17, 15) is 18.0 Å². The smallest absolute Gasteiger partial charge is 0.331 e. The van der Waals surface area contributed by atoms with E-state index < -0.39 is 27.3 Å². The number of ether oxygens (including phenoxy) is 3. The molecule has 0 aromatic heterocycles. The lowest BCUT2D eigenvalue weighted by Crippen LogP contribution is -2.56. The molecule has 1 saturated carbocycles. The molecule has 1 heterocycles. The molecule has 0 atom stereocenters. The number of hydrogen-bond donors (Lipinski definition) is 1. The van der Waals surface area contributed by atoms with E-state index in [2.05, 4.69) is 5.32 Å². The van der Waals surface area contributed by atoms with Crippen molar-refractivity contribution in [2.24, 2.45) is 0 Å². The van der Waals surface area contributed by atoms with Crippen molar-refractivity contribution in [2.45, 2.75) is 49.0 Å². The van der Waals surface area contributed by atoms with E-state index in [-0.39, 0.29) is 17.1 Å². The second kappa shape index (κ2) is 8.38. The zero-order chi connectivity index (χ0) is 20.2. The number of benzene rings is 1. The van der Waals surface area contributed by atoms with Crippen molar-refractivity contribution < 1.29 is 32.2 Å². The van der Waals surface area contributed by atoms with E-state index in [0.29, 0.717) is 37.6 Å². The number of nitrogens with one attached hydrogen (secondary N) is 1. The lowest BCUT2D eigenvalue weighted by Gasteiger charge is -2.35. The molecule has 28 heavy (non-hydrogen) atoms. The maximum absolute atomic E-state index is 12.6. The van der Waals surface area contributed by atoms with Crippen LogP contribution in [0.25, 0.3) is 0 Å². The largest absolute Gasteiger partial charge is 0.486 e. The summed E-state index contributed by atoms with van der Waals surface area (Å²) in [6, 6.07) is 4.41. The monoisotopic (exact) mass is 411 g/mol. The van der Waals surface area contributed by atoms with Crippen molar-refractivity contribution in [3.8, 4) is 11.5 Å². The number of hydrogen-bond acceptors (Lipinski definition) is 7. The Morgan fingerprint density at radius 1 is 1.11 bits per heavy atom. The normalized spacial score (nSPS) is 18.2. The summed E-state index contributed by atoms with van der Waals surface area (Å²) >= 11 is 0. The van der Waals surface area contributed by atoms with Gasteiger partial charge >= 0.3 is 5.97 Å². The lowest BCUT2D eigenvalue weighted by atomic mass is 9.81. The molecule has 2 aliphatic rings. The first-order chi connectivity index (χ1) is 13.4. The summed E-state index contributed by atoms with van der Waals surface area (Å²) in [5.74, 6) is -0.442. The molecule has 1 aromatic carbocycles. The molecule has 9 heteroatoms. The molecule has 0 saturated heterocycles. The molecule has 1 N–H and O–H groups in total. The predicted molar refractivity (Wildman–Crippen MR) is 100 cm³/mol. The molecule has 1 aliphatic carbocycles. The number of fused-ring (bicyclic) bond motifs is 1. The first kappa shape index (κ1) is 20.4. The van der Waals surface area contributed by atoms with Crippen molar-refractivity contribution >= 4 is 21.7 Å². The molecule has 1 fully saturated rings. The highest BCUT2D eigenvalue weighted by Crippen LogP contribution is 2.33. The zero-order valence-electron chi connectivity index (χ0n) is 15.9. The van der Waals surface area contributed by atoms with E-state index in [1.807, 2.05) is 0 Å².